The highest BCUT2D eigenvalue weighted by molar-refractivity contribution is 6.28. The number of rotatable bonds is 8. The van der Waals surface area contributed by atoms with Crippen molar-refractivity contribution in [2.75, 3.05) is 0 Å². The van der Waals surface area contributed by atoms with Crippen LogP contribution in [0.1, 0.15) is 109 Å². The molecule has 0 radical (unpaired) electrons. The Balaban J connectivity index is 0.952. The number of hydrogen-bond donors (Lipinski definition) is 3. The fraction of sp³-hybridized carbons (Fsp3) is 0.211. The summed E-state index contributed by atoms with van der Waals surface area (Å²) in [6.45, 7) is 25.8. The summed E-state index contributed by atoms with van der Waals surface area (Å²) in [5.74, 6) is 0. The lowest BCUT2D eigenvalue weighted by Gasteiger charge is -2.09. The van der Waals surface area contributed by atoms with Gasteiger partial charge in [0.05, 0.1) is 17.1 Å². The number of hydrogen-bond acceptors (Lipinski definition) is 3. The fourth-order valence-electron chi connectivity index (χ4n) is 10.1. The van der Waals surface area contributed by atoms with Crippen LogP contribution in [-0.2, 0) is 0 Å². The number of aryl methyl sites for hydroxylation is 4. The SMILES string of the molecule is CC1=N/C(=C\c2[nH]c(C)c(-c3ccc(C4=C(C)/C(=C\c5[nH]c(C)c(-c6ccc(C7=C(C)/C(=C/c8[nH]c(C)cc8C)N=C7C)cc6)c5C)N=C4C)cc3)c2C)C(C)=C1c1ccccc1. The zero-order valence-corrected chi connectivity index (χ0v) is 38.7. The molecule has 0 aliphatic carbocycles. The number of aliphatic imine (C=N–C) groups is 3. The Morgan fingerprint density at radius 2 is 0.730 bits per heavy atom. The fourth-order valence-corrected chi connectivity index (χ4v) is 10.1. The minimum Gasteiger partial charge on any atom is -0.359 e. The van der Waals surface area contributed by atoms with Crippen molar-refractivity contribution < 1.29 is 0 Å². The lowest BCUT2D eigenvalue weighted by atomic mass is 9.94. The highest BCUT2D eigenvalue weighted by atomic mass is 14.8. The largest absolute Gasteiger partial charge is 0.359 e. The van der Waals surface area contributed by atoms with Gasteiger partial charge in [-0.25, -0.2) is 0 Å². The van der Waals surface area contributed by atoms with Gasteiger partial charge < -0.3 is 15.0 Å². The number of nitrogens with zero attached hydrogens (tertiary/aromatic N) is 3. The molecule has 0 saturated heterocycles. The molecule has 3 aromatic carbocycles. The third-order valence-electron chi connectivity index (χ3n) is 13.2. The highest BCUT2D eigenvalue weighted by Gasteiger charge is 2.24. The van der Waals surface area contributed by atoms with Crippen LogP contribution < -0.4 is 0 Å². The van der Waals surface area contributed by atoms with E-state index in [-0.39, 0.29) is 0 Å². The summed E-state index contributed by atoms with van der Waals surface area (Å²) in [6.07, 6.45) is 6.59. The van der Waals surface area contributed by atoms with Gasteiger partial charge in [-0.3, -0.25) is 15.0 Å². The van der Waals surface area contributed by atoms with Crippen LogP contribution in [0.3, 0.4) is 0 Å². The van der Waals surface area contributed by atoms with Crippen molar-refractivity contribution in [3.63, 3.8) is 0 Å². The Morgan fingerprint density at radius 3 is 1.10 bits per heavy atom. The predicted octanol–water partition coefficient (Wildman–Crippen LogP) is 14.7. The number of nitrogens with one attached hydrogen (secondary N) is 3. The molecule has 63 heavy (non-hydrogen) atoms. The summed E-state index contributed by atoms with van der Waals surface area (Å²) in [4.78, 5) is 25.9. The molecule has 6 nitrogen and oxygen atoms in total. The first-order valence-corrected chi connectivity index (χ1v) is 22.0. The molecule has 6 heteroatoms. The van der Waals surface area contributed by atoms with Gasteiger partial charge >= 0.3 is 0 Å². The van der Waals surface area contributed by atoms with Crippen LogP contribution in [0.5, 0.6) is 0 Å². The zero-order valence-electron chi connectivity index (χ0n) is 38.7. The predicted molar refractivity (Wildman–Crippen MR) is 269 cm³/mol. The standard InChI is InChI=1S/C57H56N6/c1-30-26-31(2)58-47(30)27-48-32(3)54(38(9)59-48)43-18-20-44(21-19-43)56-35(6)51(62-40(56)11)29-52-36(7)57(41(12)63-52)46-24-22-45(23-25-46)55-34(5)50(61-39(55)10)28-49-33(4)53(37(8)60-49)42-16-14-13-15-17-42/h13-29,58,61-62H,1-12H3/b48-27-,49-28-,52-29+. The van der Waals surface area contributed by atoms with E-state index in [0.29, 0.717) is 0 Å². The molecule has 3 aliphatic rings. The second-order valence-electron chi connectivity index (χ2n) is 17.6. The quantitative estimate of drug-likeness (QED) is 0.137. The van der Waals surface area contributed by atoms with Crippen LogP contribution in [0.15, 0.2) is 134 Å². The third kappa shape index (κ3) is 7.33. The second-order valence-corrected chi connectivity index (χ2v) is 17.6. The van der Waals surface area contributed by atoms with Crippen LogP contribution in [0.25, 0.3) is 57.2 Å². The lowest BCUT2D eigenvalue weighted by molar-refractivity contribution is 1.23. The third-order valence-corrected chi connectivity index (χ3v) is 13.2. The first-order valence-electron chi connectivity index (χ1n) is 22.0. The van der Waals surface area contributed by atoms with Crippen molar-refractivity contribution >= 4 is 52.1 Å². The van der Waals surface area contributed by atoms with Gasteiger partial charge in [-0.1, -0.05) is 78.9 Å². The van der Waals surface area contributed by atoms with Gasteiger partial charge in [-0.05, 0) is 169 Å². The van der Waals surface area contributed by atoms with Crippen LogP contribution in [0.4, 0.5) is 0 Å². The van der Waals surface area contributed by atoms with E-state index in [4.69, 9.17) is 15.0 Å². The van der Waals surface area contributed by atoms with E-state index >= 15 is 0 Å². The van der Waals surface area contributed by atoms with Crippen LogP contribution in [0, 0.1) is 41.5 Å². The van der Waals surface area contributed by atoms with Crippen molar-refractivity contribution in [1.29, 1.82) is 0 Å². The topological polar surface area (TPSA) is 84.5 Å². The van der Waals surface area contributed by atoms with Gasteiger partial charge in [0, 0.05) is 79.1 Å². The molecule has 0 unspecified atom stereocenters. The maximum absolute atomic E-state index is 5.12. The number of benzene rings is 3. The smallest absolute Gasteiger partial charge is 0.0689 e. The Bertz CT molecular complexity index is 3170. The summed E-state index contributed by atoms with van der Waals surface area (Å²) < 4.78 is 0. The van der Waals surface area contributed by atoms with Crippen LogP contribution in [0.2, 0.25) is 0 Å². The van der Waals surface area contributed by atoms with Crippen molar-refractivity contribution in [3.8, 4) is 22.3 Å². The molecule has 3 N–H and O–H groups in total. The summed E-state index contributed by atoms with van der Waals surface area (Å²) in [5.41, 5.74) is 32.2. The minimum absolute atomic E-state index is 0.990. The zero-order chi connectivity index (χ0) is 44.4. The van der Waals surface area contributed by atoms with Crippen LogP contribution >= 0.6 is 0 Å². The first-order chi connectivity index (χ1) is 30.2. The molecular weight excluding hydrogens is 769 g/mol. The summed E-state index contributed by atoms with van der Waals surface area (Å²) >= 11 is 0. The molecule has 0 saturated carbocycles. The molecule has 0 amide bonds. The normalized spacial score (nSPS) is 17.4. The Labute approximate surface area is 372 Å². The molecule has 0 atom stereocenters. The van der Waals surface area contributed by atoms with E-state index < -0.39 is 0 Å². The van der Waals surface area contributed by atoms with Crippen molar-refractivity contribution in [3.05, 3.63) is 186 Å². The van der Waals surface area contributed by atoms with E-state index in [9.17, 15) is 0 Å². The number of allylic oxidation sites excluding steroid dienone is 6. The van der Waals surface area contributed by atoms with Crippen molar-refractivity contribution in [1.82, 2.24) is 15.0 Å². The second kappa shape index (κ2) is 16.0. The average molecular weight is 825 g/mol. The van der Waals surface area contributed by atoms with E-state index in [0.717, 1.165) is 68.4 Å². The molecule has 6 heterocycles. The molecule has 314 valence electrons. The highest BCUT2D eigenvalue weighted by Crippen LogP contribution is 2.40. The van der Waals surface area contributed by atoms with Crippen molar-refractivity contribution in [2.45, 2.75) is 83.1 Å². The lowest BCUT2D eigenvalue weighted by Crippen LogP contribution is -1.94. The molecule has 0 spiro atoms. The molecule has 0 fully saturated rings. The van der Waals surface area contributed by atoms with E-state index in [2.05, 4.69) is 201 Å². The molecule has 6 aromatic rings. The summed E-state index contributed by atoms with van der Waals surface area (Å²) in [5, 5.41) is 0. The molecule has 9 rings (SSSR count). The molecule has 3 aromatic heterocycles. The number of aromatic amines is 3. The van der Waals surface area contributed by atoms with E-state index in [1.807, 2.05) is 0 Å². The Morgan fingerprint density at radius 1 is 0.381 bits per heavy atom. The molecule has 0 bridgehead atoms. The Hall–Kier alpha value is -7.05. The average Bonchev–Trinajstić information content (AvgIpc) is 4.04. The van der Waals surface area contributed by atoms with Gasteiger partial charge in [0.2, 0.25) is 0 Å². The minimum atomic E-state index is 0.990. The van der Waals surface area contributed by atoms with E-state index in [1.54, 1.807) is 0 Å². The summed E-state index contributed by atoms with van der Waals surface area (Å²) in [7, 11) is 0. The van der Waals surface area contributed by atoms with Gasteiger partial charge in [0.15, 0.2) is 0 Å². The van der Waals surface area contributed by atoms with Gasteiger partial charge in [-0.15, -0.1) is 0 Å². The maximum atomic E-state index is 5.12. The Kier molecular flexibility index (Phi) is 10.5. The van der Waals surface area contributed by atoms with Gasteiger partial charge in [-0.2, -0.15) is 0 Å². The number of H-pyrrole nitrogens is 3. The van der Waals surface area contributed by atoms with Gasteiger partial charge in [0.1, 0.15) is 0 Å². The van der Waals surface area contributed by atoms with E-state index in [1.165, 1.54) is 89.1 Å². The van der Waals surface area contributed by atoms with Crippen LogP contribution in [-0.4, -0.2) is 32.1 Å². The summed E-state index contributed by atoms with van der Waals surface area (Å²) in [6, 6.07) is 30.7. The molecule has 3 aliphatic heterocycles. The molecular formula is C57H56N6. The number of aromatic nitrogens is 3. The van der Waals surface area contributed by atoms with Gasteiger partial charge in [0.25, 0.3) is 0 Å². The van der Waals surface area contributed by atoms with Crippen molar-refractivity contribution in [2.24, 2.45) is 15.0 Å². The monoisotopic (exact) mass is 824 g/mol. The maximum Gasteiger partial charge on any atom is 0.0689 e. The first kappa shape index (κ1) is 41.3.